The van der Waals surface area contributed by atoms with Crippen LogP contribution in [0, 0.1) is 0 Å². The highest BCUT2D eigenvalue weighted by molar-refractivity contribution is 7.99. The fourth-order valence-electron chi connectivity index (χ4n) is 1.63. The third kappa shape index (κ3) is 2.02. The summed E-state index contributed by atoms with van der Waals surface area (Å²) in [6.07, 6.45) is 3.45. The monoisotopic (exact) mass is 276 g/mol. The lowest BCUT2D eigenvalue weighted by Gasteiger charge is -2.06. The normalized spacial score (nSPS) is 10.9. The largest absolute Gasteiger partial charge is 0.398 e. The molecule has 4 nitrogen and oxygen atoms in total. The average Bonchev–Trinajstić information content (AvgIpc) is 2.79. The van der Waals surface area contributed by atoms with E-state index in [0.29, 0.717) is 10.7 Å². The van der Waals surface area contributed by atoms with Gasteiger partial charge >= 0.3 is 0 Å². The zero-order valence-corrected chi connectivity index (χ0v) is 10.8. The molecule has 0 bridgehead atoms. The van der Waals surface area contributed by atoms with Crippen LogP contribution in [0.3, 0.4) is 0 Å². The number of anilines is 1. The molecule has 0 atom stereocenters. The van der Waals surface area contributed by atoms with Crippen molar-refractivity contribution in [2.75, 3.05) is 5.73 Å². The number of nitrogens with one attached hydrogen (secondary N) is 1. The Hall–Kier alpha value is -1.72. The van der Waals surface area contributed by atoms with Gasteiger partial charge in [0.1, 0.15) is 5.03 Å². The summed E-state index contributed by atoms with van der Waals surface area (Å²) in [7, 11) is 0. The number of pyridine rings is 1. The van der Waals surface area contributed by atoms with E-state index in [0.717, 1.165) is 20.8 Å². The quantitative estimate of drug-likeness (QED) is 0.705. The third-order valence-electron chi connectivity index (χ3n) is 2.50. The summed E-state index contributed by atoms with van der Waals surface area (Å²) in [6.45, 7) is 0. The summed E-state index contributed by atoms with van der Waals surface area (Å²) in [5, 5.41) is 9.24. The van der Waals surface area contributed by atoms with Crippen molar-refractivity contribution in [1.29, 1.82) is 0 Å². The summed E-state index contributed by atoms with van der Waals surface area (Å²) < 4.78 is 0. The van der Waals surface area contributed by atoms with E-state index in [1.54, 1.807) is 18.5 Å². The highest BCUT2D eigenvalue weighted by Crippen LogP contribution is 2.36. The molecule has 90 valence electrons. The number of aromatic nitrogens is 3. The zero-order valence-electron chi connectivity index (χ0n) is 9.22. The molecular formula is C12H9ClN4S. The van der Waals surface area contributed by atoms with E-state index < -0.39 is 0 Å². The Morgan fingerprint density at radius 1 is 1.33 bits per heavy atom. The van der Waals surface area contributed by atoms with Crippen LogP contribution < -0.4 is 5.73 Å². The lowest BCUT2D eigenvalue weighted by Crippen LogP contribution is -1.89. The predicted molar refractivity (Wildman–Crippen MR) is 73.9 cm³/mol. The molecule has 3 N–H and O–H groups in total. The van der Waals surface area contributed by atoms with Crippen molar-refractivity contribution in [3.8, 4) is 0 Å². The third-order valence-corrected chi connectivity index (χ3v) is 4.01. The molecular weight excluding hydrogens is 268 g/mol. The molecule has 0 aliphatic carbocycles. The van der Waals surface area contributed by atoms with Gasteiger partial charge in [-0.1, -0.05) is 23.4 Å². The summed E-state index contributed by atoms with van der Waals surface area (Å²) in [5.41, 5.74) is 7.64. The molecule has 3 aromatic rings. The summed E-state index contributed by atoms with van der Waals surface area (Å²) in [4.78, 5) is 5.14. The van der Waals surface area contributed by atoms with Gasteiger partial charge in [0.05, 0.1) is 16.7 Å². The molecule has 0 unspecified atom stereocenters. The van der Waals surface area contributed by atoms with E-state index in [4.69, 9.17) is 17.3 Å². The van der Waals surface area contributed by atoms with E-state index in [9.17, 15) is 0 Å². The number of hydrogen-bond donors (Lipinski definition) is 2. The molecule has 18 heavy (non-hydrogen) atoms. The lowest BCUT2D eigenvalue weighted by molar-refractivity contribution is 1.12. The van der Waals surface area contributed by atoms with Crippen molar-refractivity contribution in [1.82, 2.24) is 15.2 Å². The van der Waals surface area contributed by atoms with Gasteiger partial charge in [-0.25, -0.2) is 4.98 Å². The first-order chi connectivity index (χ1) is 8.74. The van der Waals surface area contributed by atoms with Crippen molar-refractivity contribution in [2.45, 2.75) is 9.92 Å². The highest BCUT2D eigenvalue weighted by atomic mass is 35.5. The number of nitrogens with zero attached hydrogens (tertiary/aromatic N) is 2. The first-order valence-corrected chi connectivity index (χ1v) is 6.44. The summed E-state index contributed by atoms with van der Waals surface area (Å²) in [6, 6.07) is 7.45. The molecule has 0 aliphatic rings. The SMILES string of the molecule is Nc1cc2cn[nH]c2cc1Sc1ncccc1Cl. The molecule has 2 aromatic heterocycles. The number of hydrogen-bond acceptors (Lipinski definition) is 4. The van der Waals surface area contributed by atoms with Crippen molar-refractivity contribution in [2.24, 2.45) is 0 Å². The van der Waals surface area contributed by atoms with Gasteiger partial charge in [0.2, 0.25) is 0 Å². The second-order valence-electron chi connectivity index (χ2n) is 3.74. The number of nitrogens with two attached hydrogens (primary N) is 1. The van der Waals surface area contributed by atoms with Crippen LogP contribution in [0.25, 0.3) is 10.9 Å². The Labute approximate surface area is 113 Å². The fraction of sp³-hybridized carbons (Fsp3) is 0. The number of halogens is 1. The molecule has 0 aliphatic heterocycles. The van der Waals surface area contributed by atoms with Crippen LogP contribution in [0.5, 0.6) is 0 Å². The molecule has 0 amide bonds. The molecule has 0 saturated heterocycles. The Morgan fingerprint density at radius 2 is 2.22 bits per heavy atom. The molecule has 0 saturated carbocycles. The van der Waals surface area contributed by atoms with Crippen molar-refractivity contribution >= 4 is 40.0 Å². The smallest absolute Gasteiger partial charge is 0.119 e. The Kier molecular flexibility index (Phi) is 2.85. The maximum absolute atomic E-state index is 6.08. The molecule has 0 fully saturated rings. The zero-order chi connectivity index (χ0) is 12.5. The van der Waals surface area contributed by atoms with E-state index in [1.807, 2.05) is 18.2 Å². The lowest BCUT2D eigenvalue weighted by atomic mass is 10.2. The standard InChI is InChI=1S/C12H9ClN4S/c13-8-2-1-3-15-12(8)18-11-5-10-7(4-9(11)14)6-16-17-10/h1-6H,14H2,(H,16,17). The molecule has 1 aromatic carbocycles. The van der Waals surface area contributed by atoms with Crippen molar-refractivity contribution in [3.05, 3.63) is 41.7 Å². The van der Waals surface area contributed by atoms with Gasteiger partial charge in [0, 0.05) is 22.2 Å². The topological polar surface area (TPSA) is 67.6 Å². The van der Waals surface area contributed by atoms with Crippen molar-refractivity contribution < 1.29 is 0 Å². The van der Waals surface area contributed by atoms with Gasteiger partial charge < -0.3 is 5.73 Å². The van der Waals surface area contributed by atoms with E-state index >= 15 is 0 Å². The molecule has 3 rings (SSSR count). The van der Waals surface area contributed by atoms with Gasteiger partial charge in [-0.15, -0.1) is 0 Å². The van der Waals surface area contributed by atoms with E-state index in [-0.39, 0.29) is 0 Å². The minimum Gasteiger partial charge on any atom is -0.398 e. The molecule has 2 heterocycles. The van der Waals surface area contributed by atoms with Crippen molar-refractivity contribution in [3.63, 3.8) is 0 Å². The number of H-pyrrole nitrogens is 1. The van der Waals surface area contributed by atoms with Gasteiger partial charge in [0.25, 0.3) is 0 Å². The maximum Gasteiger partial charge on any atom is 0.119 e. The van der Waals surface area contributed by atoms with Crippen LogP contribution in [0.2, 0.25) is 5.02 Å². The van der Waals surface area contributed by atoms with Gasteiger partial charge in [-0.2, -0.15) is 5.10 Å². The minimum absolute atomic E-state index is 0.617. The van der Waals surface area contributed by atoms with Crippen LogP contribution in [0.4, 0.5) is 5.69 Å². The predicted octanol–water partition coefficient (Wildman–Crippen LogP) is 3.34. The van der Waals surface area contributed by atoms with Crippen LogP contribution in [-0.2, 0) is 0 Å². The fourth-order valence-corrected chi connectivity index (χ4v) is 2.71. The summed E-state index contributed by atoms with van der Waals surface area (Å²) in [5.74, 6) is 0. The second-order valence-corrected chi connectivity index (χ2v) is 5.18. The van der Waals surface area contributed by atoms with Crippen LogP contribution in [0.15, 0.2) is 46.6 Å². The first kappa shape index (κ1) is 11.4. The molecule has 0 spiro atoms. The van der Waals surface area contributed by atoms with Crippen LogP contribution in [0.1, 0.15) is 0 Å². The van der Waals surface area contributed by atoms with Gasteiger partial charge in [-0.3, -0.25) is 5.10 Å². The number of fused-ring (bicyclic) bond motifs is 1. The van der Waals surface area contributed by atoms with Gasteiger partial charge in [0.15, 0.2) is 0 Å². The summed E-state index contributed by atoms with van der Waals surface area (Å²) >= 11 is 7.52. The number of nitrogen functional groups attached to an aromatic ring is 1. The second kappa shape index (κ2) is 4.51. The highest BCUT2D eigenvalue weighted by Gasteiger charge is 2.08. The number of aromatic amines is 1. The molecule has 0 radical (unpaired) electrons. The number of rotatable bonds is 2. The molecule has 6 heteroatoms. The maximum atomic E-state index is 6.08. The van der Waals surface area contributed by atoms with Crippen LogP contribution >= 0.6 is 23.4 Å². The average molecular weight is 277 g/mol. The Bertz CT molecular complexity index is 710. The minimum atomic E-state index is 0.617. The van der Waals surface area contributed by atoms with E-state index in [2.05, 4.69) is 15.2 Å². The number of benzene rings is 1. The van der Waals surface area contributed by atoms with Crippen LogP contribution in [-0.4, -0.2) is 15.2 Å². The van der Waals surface area contributed by atoms with E-state index in [1.165, 1.54) is 11.8 Å². The Balaban J connectivity index is 2.04. The first-order valence-electron chi connectivity index (χ1n) is 5.25. The Morgan fingerprint density at radius 3 is 3.06 bits per heavy atom. The van der Waals surface area contributed by atoms with Gasteiger partial charge in [-0.05, 0) is 24.3 Å².